The Morgan fingerprint density at radius 1 is 1.60 bits per heavy atom. The number of halogens is 1. The van der Waals surface area contributed by atoms with E-state index in [0.717, 1.165) is 6.42 Å². The summed E-state index contributed by atoms with van der Waals surface area (Å²) in [5.74, 6) is -0.217. The molecule has 0 saturated carbocycles. The number of likely N-dealkylation sites (tertiary alicyclic amines) is 1. The number of rotatable bonds is 4. The average Bonchev–Trinajstić information content (AvgIpc) is 2.94. The van der Waals surface area contributed by atoms with Crippen LogP contribution in [0.4, 0.5) is 4.39 Å². The normalized spacial score (nSPS) is 18.8. The molecule has 1 aromatic rings. The Labute approximate surface area is 117 Å². The Kier molecular flexibility index (Phi) is 4.74. The highest BCUT2D eigenvalue weighted by atomic mass is 19.1. The number of ether oxygens (including phenoxy) is 1. The lowest BCUT2D eigenvalue weighted by Crippen LogP contribution is -2.27. The molecule has 20 heavy (non-hydrogen) atoms. The lowest BCUT2D eigenvalue weighted by atomic mass is 10.1. The summed E-state index contributed by atoms with van der Waals surface area (Å²) in [5, 5.41) is 9.04. The first-order valence-corrected chi connectivity index (χ1v) is 6.55. The van der Waals surface area contributed by atoms with E-state index in [9.17, 15) is 9.18 Å². The third kappa shape index (κ3) is 3.36. The van der Waals surface area contributed by atoms with E-state index in [1.807, 2.05) is 0 Å². The summed E-state index contributed by atoms with van der Waals surface area (Å²) in [6.07, 6.45) is 3.84. The Bertz CT molecular complexity index is 516. The van der Waals surface area contributed by atoms with E-state index in [1.165, 1.54) is 25.3 Å². The standard InChI is InChI=1S/C15H18FNO3/c1-20-14-4-2-11(8-13(14)16)3-5-15(19)17-7-6-12(9-17)10-18/h2-5,8,12,18H,6-7,9-10H2,1H3. The summed E-state index contributed by atoms with van der Waals surface area (Å²) in [4.78, 5) is 13.6. The summed E-state index contributed by atoms with van der Waals surface area (Å²) in [6, 6.07) is 4.53. The molecule has 0 spiro atoms. The van der Waals surface area contributed by atoms with Crippen LogP contribution in [0.25, 0.3) is 6.08 Å². The molecule has 1 atom stereocenters. The third-order valence-electron chi connectivity index (χ3n) is 3.45. The van der Waals surface area contributed by atoms with Crippen LogP contribution in [0.1, 0.15) is 12.0 Å². The predicted molar refractivity (Wildman–Crippen MR) is 73.8 cm³/mol. The van der Waals surface area contributed by atoms with Crippen LogP contribution in [0.3, 0.4) is 0 Å². The van der Waals surface area contributed by atoms with Gasteiger partial charge in [0.15, 0.2) is 11.6 Å². The van der Waals surface area contributed by atoms with Crippen molar-refractivity contribution in [1.29, 1.82) is 0 Å². The van der Waals surface area contributed by atoms with E-state index in [-0.39, 0.29) is 24.2 Å². The monoisotopic (exact) mass is 279 g/mol. The number of aliphatic hydroxyl groups is 1. The lowest BCUT2D eigenvalue weighted by molar-refractivity contribution is -0.125. The fourth-order valence-electron chi connectivity index (χ4n) is 2.24. The molecule has 1 saturated heterocycles. The molecule has 0 aliphatic carbocycles. The van der Waals surface area contributed by atoms with E-state index >= 15 is 0 Å². The summed E-state index contributed by atoms with van der Waals surface area (Å²) in [7, 11) is 1.41. The van der Waals surface area contributed by atoms with E-state index in [0.29, 0.717) is 18.7 Å². The maximum Gasteiger partial charge on any atom is 0.246 e. The van der Waals surface area contributed by atoms with Crippen LogP contribution in [-0.4, -0.2) is 42.7 Å². The van der Waals surface area contributed by atoms with Gasteiger partial charge in [0.2, 0.25) is 5.91 Å². The van der Waals surface area contributed by atoms with Gasteiger partial charge in [-0.3, -0.25) is 4.79 Å². The topological polar surface area (TPSA) is 49.8 Å². The smallest absolute Gasteiger partial charge is 0.246 e. The lowest BCUT2D eigenvalue weighted by Gasteiger charge is -2.13. The zero-order valence-electron chi connectivity index (χ0n) is 11.4. The van der Waals surface area contributed by atoms with Crippen LogP contribution in [0.15, 0.2) is 24.3 Å². The second-order valence-corrected chi connectivity index (χ2v) is 4.85. The summed E-state index contributed by atoms with van der Waals surface area (Å²) >= 11 is 0. The molecule has 1 aliphatic heterocycles. The molecule has 0 radical (unpaired) electrons. The van der Waals surface area contributed by atoms with Gasteiger partial charge in [0.05, 0.1) is 7.11 Å². The number of carbonyl (C=O) groups excluding carboxylic acids is 1. The number of methoxy groups -OCH3 is 1. The molecule has 108 valence electrons. The van der Waals surface area contributed by atoms with Gasteiger partial charge in [-0.1, -0.05) is 6.07 Å². The van der Waals surface area contributed by atoms with Crippen LogP contribution in [0.2, 0.25) is 0 Å². The largest absolute Gasteiger partial charge is 0.494 e. The van der Waals surface area contributed by atoms with Gasteiger partial charge in [-0.25, -0.2) is 4.39 Å². The van der Waals surface area contributed by atoms with Crippen molar-refractivity contribution in [3.8, 4) is 5.75 Å². The number of carbonyl (C=O) groups is 1. The molecular weight excluding hydrogens is 261 g/mol. The quantitative estimate of drug-likeness (QED) is 0.853. The Hall–Kier alpha value is -1.88. The highest BCUT2D eigenvalue weighted by Gasteiger charge is 2.24. The first-order chi connectivity index (χ1) is 9.63. The molecule has 1 unspecified atom stereocenters. The molecule has 0 bridgehead atoms. The maximum atomic E-state index is 13.5. The minimum absolute atomic E-state index is 0.108. The summed E-state index contributed by atoms with van der Waals surface area (Å²) in [5.41, 5.74) is 0.606. The van der Waals surface area contributed by atoms with E-state index < -0.39 is 5.82 Å². The van der Waals surface area contributed by atoms with Crippen LogP contribution in [0.5, 0.6) is 5.75 Å². The molecule has 1 aliphatic rings. The number of nitrogens with zero attached hydrogens (tertiary/aromatic N) is 1. The van der Waals surface area contributed by atoms with E-state index in [1.54, 1.807) is 17.0 Å². The van der Waals surface area contributed by atoms with Crippen molar-refractivity contribution in [3.05, 3.63) is 35.7 Å². The van der Waals surface area contributed by atoms with Crippen LogP contribution < -0.4 is 4.74 Å². The molecule has 5 heteroatoms. The van der Waals surface area contributed by atoms with Gasteiger partial charge in [-0.2, -0.15) is 0 Å². The van der Waals surface area contributed by atoms with Crippen molar-refractivity contribution >= 4 is 12.0 Å². The van der Waals surface area contributed by atoms with Crippen LogP contribution >= 0.6 is 0 Å². The van der Waals surface area contributed by atoms with Crippen molar-refractivity contribution in [3.63, 3.8) is 0 Å². The third-order valence-corrected chi connectivity index (χ3v) is 3.45. The second-order valence-electron chi connectivity index (χ2n) is 4.85. The molecular formula is C15H18FNO3. The molecule has 1 heterocycles. The minimum Gasteiger partial charge on any atom is -0.494 e. The van der Waals surface area contributed by atoms with Gasteiger partial charge in [0.25, 0.3) is 0 Å². The van der Waals surface area contributed by atoms with Gasteiger partial charge in [-0.05, 0) is 30.2 Å². The zero-order valence-corrected chi connectivity index (χ0v) is 11.4. The maximum absolute atomic E-state index is 13.5. The summed E-state index contributed by atoms with van der Waals surface area (Å²) in [6.45, 7) is 1.35. The first kappa shape index (κ1) is 14.5. The Morgan fingerprint density at radius 2 is 2.40 bits per heavy atom. The molecule has 1 aromatic carbocycles. The summed E-state index contributed by atoms with van der Waals surface area (Å²) < 4.78 is 18.3. The van der Waals surface area contributed by atoms with Crippen LogP contribution in [0, 0.1) is 11.7 Å². The van der Waals surface area contributed by atoms with Gasteiger partial charge >= 0.3 is 0 Å². The van der Waals surface area contributed by atoms with E-state index in [4.69, 9.17) is 9.84 Å². The zero-order chi connectivity index (χ0) is 14.5. The number of benzene rings is 1. The first-order valence-electron chi connectivity index (χ1n) is 6.55. The fraction of sp³-hybridized carbons (Fsp3) is 0.400. The van der Waals surface area contributed by atoms with Crippen molar-refractivity contribution in [2.75, 3.05) is 26.8 Å². The average molecular weight is 279 g/mol. The van der Waals surface area contributed by atoms with Crippen molar-refractivity contribution in [1.82, 2.24) is 4.90 Å². The van der Waals surface area contributed by atoms with Crippen molar-refractivity contribution in [2.24, 2.45) is 5.92 Å². The van der Waals surface area contributed by atoms with Gasteiger partial charge in [-0.15, -0.1) is 0 Å². The van der Waals surface area contributed by atoms with Crippen molar-refractivity contribution < 1.29 is 19.0 Å². The van der Waals surface area contributed by atoms with Gasteiger partial charge < -0.3 is 14.7 Å². The van der Waals surface area contributed by atoms with E-state index in [2.05, 4.69) is 0 Å². The van der Waals surface area contributed by atoms with Gasteiger partial charge in [0.1, 0.15) is 0 Å². The minimum atomic E-state index is -0.455. The highest BCUT2D eigenvalue weighted by Crippen LogP contribution is 2.19. The number of aliphatic hydroxyl groups excluding tert-OH is 1. The predicted octanol–water partition coefficient (Wildman–Crippen LogP) is 1.69. The number of amides is 1. The SMILES string of the molecule is COc1ccc(C=CC(=O)N2CCC(CO)C2)cc1F. The molecule has 1 fully saturated rings. The van der Waals surface area contributed by atoms with Crippen LogP contribution in [-0.2, 0) is 4.79 Å². The van der Waals surface area contributed by atoms with Crippen molar-refractivity contribution in [2.45, 2.75) is 6.42 Å². The molecule has 1 amide bonds. The number of hydrogen-bond donors (Lipinski definition) is 1. The molecule has 2 rings (SSSR count). The fourth-order valence-corrected chi connectivity index (χ4v) is 2.24. The second kappa shape index (κ2) is 6.52. The Balaban J connectivity index is 1.99. The molecule has 0 aromatic heterocycles. The molecule has 1 N–H and O–H groups in total. The highest BCUT2D eigenvalue weighted by molar-refractivity contribution is 5.92. The van der Waals surface area contributed by atoms with Gasteiger partial charge in [0, 0.05) is 31.7 Å². The number of hydrogen-bond acceptors (Lipinski definition) is 3. The molecule has 4 nitrogen and oxygen atoms in total. The Morgan fingerprint density at radius 3 is 3.00 bits per heavy atom.